The highest BCUT2D eigenvalue weighted by atomic mass is 16.5. The Balaban J connectivity index is 2.99. The maximum absolute atomic E-state index is 11.8. The number of esters is 1. The maximum atomic E-state index is 11.8. The Morgan fingerprint density at radius 2 is 1.76 bits per heavy atom. The molecule has 0 bridgehead atoms. The Labute approximate surface area is 149 Å². The van der Waals surface area contributed by atoms with Gasteiger partial charge in [0, 0.05) is 5.56 Å². The first-order valence-corrected chi connectivity index (χ1v) is 8.79. The molecule has 1 aromatic carbocycles. The van der Waals surface area contributed by atoms with Crippen molar-refractivity contribution in [1.29, 1.82) is 0 Å². The summed E-state index contributed by atoms with van der Waals surface area (Å²) in [5.74, 6) is 0.347. The third-order valence-corrected chi connectivity index (χ3v) is 3.74. The smallest absolute Gasteiger partial charge is 0.407 e. The third kappa shape index (κ3) is 7.03. The van der Waals surface area contributed by atoms with E-state index in [1.54, 1.807) is 13.8 Å². The van der Waals surface area contributed by atoms with Gasteiger partial charge in [0.2, 0.25) is 0 Å². The molecule has 2 atom stereocenters. The molecule has 0 saturated carbocycles. The number of carbonyl (C=O) groups is 2. The van der Waals surface area contributed by atoms with Crippen LogP contribution < -0.4 is 10.1 Å². The fourth-order valence-corrected chi connectivity index (χ4v) is 2.20. The van der Waals surface area contributed by atoms with Gasteiger partial charge < -0.3 is 19.5 Å². The summed E-state index contributed by atoms with van der Waals surface area (Å²) in [6, 6.07) is 5.33. The highest BCUT2D eigenvalue weighted by Gasteiger charge is 2.16. The molecule has 0 saturated heterocycles. The van der Waals surface area contributed by atoms with E-state index in [0.29, 0.717) is 19.0 Å². The molecule has 2 unspecified atom stereocenters. The summed E-state index contributed by atoms with van der Waals surface area (Å²) >= 11 is 0. The van der Waals surface area contributed by atoms with Gasteiger partial charge in [0.15, 0.2) is 0 Å². The molecule has 0 aromatic heterocycles. The van der Waals surface area contributed by atoms with Crippen LogP contribution in [0.2, 0.25) is 0 Å². The zero-order valence-electron chi connectivity index (χ0n) is 15.8. The van der Waals surface area contributed by atoms with Gasteiger partial charge in [-0.05, 0) is 45.7 Å². The molecule has 25 heavy (non-hydrogen) atoms. The van der Waals surface area contributed by atoms with Crippen LogP contribution in [-0.2, 0) is 20.7 Å². The van der Waals surface area contributed by atoms with Crippen LogP contribution >= 0.6 is 0 Å². The summed E-state index contributed by atoms with van der Waals surface area (Å²) in [4.78, 5) is 23.4. The minimum atomic E-state index is -0.463. The van der Waals surface area contributed by atoms with Crippen molar-refractivity contribution in [3.8, 4) is 5.75 Å². The Bertz CT molecular complexity index is 573. The molecule has 0 aliphatic heterocycles. The van der Waals surface area contributed by atoms with Crippen LogP contribution in [0.4, 0.5) is 4.79 Å². The summed E-state index contributed by atoms with van der Waals surface area (Å²) in [5.41, 5.74) is 1.64. The normalized spacial score (nSPS) is 12.8. The van der Waals surface area contributed by atoms with E-state index in [-0.39, 0.29) is 24.5 Å². The van der Waals surface area contributed by atoms with Gasteiger partial charge in [0.1, 0.15) is 5.75 Å². The van der Waals surface area contributed by atoms with Crippen molar-refractivity contribution >= 4 is 12.1 Å². The van der Waals surface area contributed by atoms with E-state index in [2.05, 4.69) is 5.32 Å². The van der Waals surface area contributed by atoms with E-state index in [1.807, 2.05) is 39.0 Å². The first-order valence-electron chi connectivity index (χ1n) is 8.79. The minimum absolute atomic E-state index is 0.0181. The highest BCUT2D eigenvalue weighted by Crippen LogP contribution is 2.26. The summed E-state index contributed by atoms with van der Waals surface area (Å²) in [6.45, 7) is 10.1. The van der Waals surface area contributed by atoms with E-state index >= 15 is 0 Å². The molecule has 0 heterocycles. The first kappa shape index (κ1) is 20.8. The molecule has 0 fully saturated rings. The number of alkyl carbamates (subject to hydrolysis) is 1. The van der Waals surface area contributed by atoms with Gasteiger partial charge in [-0.1, -0.05) is 19.1 Å². The lowest BCUT2D eigenvalue weighted by molar-refractivity contribution is -0.142. The molecule has 140 valence electrons. The molecule has 1 rings (SSSR count). The fraction of sp³-hybridized carbons (Fsp3) is 0.579. The lowest BCUT2D eigenvalue weighted by Gasteiger charge is -2.20. The number of rotatable bonds is 9. The fourth-order valence-electron chi connectivity index (χ4n) is 2.20. The van der Waals surface area contributed by atoms with Crippen LogP contribution in [0.15, 0.2) is 18.2 Å². The van der Waals surface area contributed by atoms with E-state index in [0.717, 1.165) is 17.5 Å². The zero-order chi connectivity index (χ0) is 18.8. The van der Waals surface area contributed by atoms with Crippen LogP contribution in [0.3, 0.4) is 0 Å². The molecular weight excluding hydrogens is 322 g/mol. The van der Waals surface area contributed by atoms with Gasteiger partial charge in [0.25, 0.3) is 0 Å². The Hall–Kier alpha value is -2.24. The quantitative estimate of drug-likeness (QED) is 0.686. The summed E-state index contributed by atoms with van der Waals surface area (Å²) in [5, 5.41) is 2.76. The molecule has 6 nitrogen and oxygen atoms in total. The number of hydrogen-bond acceptors (Lipinski definition) is 5. The maximum Gasteiger partial charge on any atom is 0.407 e. The van der Waals surface area contributed by atoms with Crippen molar-refractivity contribution in [2.24, 2.45) is 0 Å². The molecule has 0 spiro atoms. The predicted octanol–water partition coefficient (Wildman–Crippen LogP) is 3.78. The number of hydrogen-bond donors (Lipinski definition) is 1. The average molecular weight is 351 g/mol. The Morgan fingerprint density at radius 3 is 2.36 bits per heavy atom. The monoisotopic (exact) mass is 351 g/mol. The van der Waals surface area contributed by atoms with Crippen molar-refractivity contribution in [3.05, 3.63) is 29.3 Å². The van der Waals surface area contributed by atoms with Gasteiger partial charge >= 0.3 is 12.1 Å². The average Bonchev–Trinajstić information content (AvgIpc) is 2.56. The molecular formula is C19H29NO5. The Morgan fingerprint density at radius 1 is 1.08 bits per heavy atom. The summed E-state index contributed by atoms with van der Waals surface area (Å²) in [7, 11) is 0. The first-order chi connectivity index (χ1) is 11.9. The van der Waals surface area contributed by atoms with E-state index < -0.39 is 6.09 Å². The number of amides is 1. The van der Waals surface area contributed by atoms with Crippen LogP contribution in [0.1, 0.15) is 58.2 Å². The van der Waals surface area contributed by atoms with Crippen LogP contribution in [0.5, 0.6) is 5.75 Å². The van der Waals surface area contributed by atoms with E-state index in [9.17, 15) is 9.59 Å². The van der Waals surface area contributed by atoms with Crippen molar-refractivity contribution < 1.29 is 23.8 Å². The van der Waals surface area contributed by atoms with Gasteiger partial charge in [-0.25, -0.2) is 4.79 Å². The van der Waals surface area contributed by atoms with Gasteiger partial charge in [-0.3, -0.25) is 4.79 Å². The van der Waals surface area contributed by atoms with E-state index in [1.165, 1.54) is 0 Å². The molecule has 0 aliphatic carbocycles. The molecule has 1 N–H and O–H groups in total. The predicted molar refractivity (Wildman–Crippen MR) is 95.7 cm³/mol. The standard InChI is InChI=1S/C19H29NO5/c1-6-13(4)25-17-11-15(14(5)20-19(22)24-8-3)9-10-16(17)12-18(21)23-7-2/h9-11,13-14H,6-8,12H2,1-5H3,(H,20,22). The van der Waals surface area contributed by atoms with Gasteiger partial charge in [-0.15, -0.1) is 0 Å². The van der Waals surface area contributed by atoms with Crippen molar-refractivity contribution in [2.45, 2.75) is 59.6 Å². The largest absolute Gasteiger partial charge is 0.490 e. The van der Waals surface area contributed by atoms with Crippen molar-refractivity contribution in [3.63, 3.8) is 0 Å². The zero-order valence-corrected chi connectivity index (χ0v) is 15.8. The van der Waals surface area contributed by atoms with Crippen LogP contribution in [0, 0.1) is 0 Å². The van der Waals surface area contributed by atoms with E-state index in [4.69, 9.17) is 14.2 Å². The highest BCUT2D eigenvalue weighted by molar-refractivity contribution is 5.73. The molecule has 0 radical (unpaired) electrons. The second-order valence-corrected chi connectivity index (χ2v) is 5.77. The van der Waals surface area contributed by atoms with Crippen molar-refractivity contribution in [2.75, 3.05) is 13.2 Å². The molecule has 0 aliphatic rings. The number of benzene rings is 1. The number of nitrogens with one attached hydrogen (secondary N) is 1. The minimum Gasteiger partial charge on any atom is -0.490 e. The lowest BCUT2D eigenvalue weighted by Crippen LogP contribution is -2.27. The van der Waals surface area contributed by atoms with Crippen LogP contribution in [-0.4, -0.2) is 31.4 Å². The molecule has 1 aromatic rings. The molecule has 1 amide bonds. The topological polar surface area (TPSA) is 73.9 Å². The lowest BCUT2D eigenvalue weighted by atomic mass is 10.0. The van der Waals surface area contributed by atoms with Gasteiger partial charge in [0.05, 0.1) is 31.8 Å². The summed E-state index contributed by atoms with van der Waals surface area (Å²) < 4.78 is 15.9. The second kappa shape index (κ2) is 10.6. The second-order valence-electron chi connectivity index (χ2n) is 5.77. The molecule has 6 heteroatoms. The summed E-state index contributed by atoms with van der Waals surface area (Å²) in [6.07, 6.45) is 0.554. The SMILES string of the molecule is CCOC(=O)Cc1ccc(C(C)NC(=O)OCC)cc1OC(C)CC. The number of carbonyl (C=O) groups excluding carboxylic acids is 2. The number of ether oxygens (including phenoxy) is 3. The van der Waals surface area contributed by atoms with Crippen LogP contribution in [0.25, 0.3) is 0 Å². The van der Waals surface area contributed by atoms with Gasteiger partial charge in [-0.2, -0.15) is 0 Å². The third-order valence-electron chi connectivity index (χ3n) is 3.74. The Kier molecular flexibility index (Phi) is 8.81. The van der Waals surface area contributed by atoms with Crippen molar-refractivity contribution in [1.82, 2.24) is 5.32 Å².